The Morgan fingerprint density at radius 3 is 2.94 bits per heavy atom. The van der Waals surface area contributed by atoms with Gasteiger partial charge >= 0.3 is 0 Å². The van der Waals surface area contributed by atoms with E-state index in [1.165, 1.54) is 0 Å². The summed E-state index contributed by atoms with van der Waals surface area (Å²) in [5, 5.41) is 12.4. The molecule has 1 heterocycles. The second-order valence-electron chi connectivity index (χ2n) is 4.09. The van der Waals surface area contributed by atoms with Crippen LogP contribution in [0.25, 0.3) is 0 Å². The summed E-state index contributed by atoms with van der Waals surface area (Å²) >= 11 is 0. The highest BCUT2D eigenvalue weighted by molar-refractivity contribution is 5.37. The van der Waals surface area contributed by atoms with Crippen molar-refractivity contribution in [3.8, 4) is 6.07 Å². The summed E-state index contributed by atoms with van der Waals surface area (Å²) in [5.41, 5.74) is 1.74. The number of nitriles is 1. The van der Waals surface area contributed by atoms with Gasteiger partial charge in [0.2, 0.25) is 0 Å². The van der Waals surface area contributed by atoms with E-state index >= 15 is 0 Å². The number of H-pyrrole nitrogens is 1. The average molecular weight is 240 g/mol. The molecule has 1 aromatic heterocycles. The second-order valence-corrected chi connectivity index (χ2v) is 4.09. The van der Waals surface area contributed by atoms with Crippen LogP contribution in [-0.2, 0) is 6.54 Å². The fourth-order valence-corrected chi connectivity index (χ4v) is 1.92. The summed E-state index contributed by atoms with van der Waals surface area (Å²) in [6.07, 6.45) is 4.52. The third-order valence-electron chi connectivity index (χ3n) is 2.93. The first kappa shape index (κ1) is 12.3. The minimum absolute atomic E-state index is 0.187. The van der Waals surface area contributed by atoms with Gasteiger partial charge < -0.3 is 10.3 Å². The van der Waals surface area contributed by atoms with E-state index in [0.717, 1.165) is 23.4 Å². The molecule has 0 radical (unpaired) electrons. The highest BCUT2D eigenvalue weighted by atomic mass is 15.0. The summed E-state index contributed by atoms with van der Waals surface area (Å²) in [4.78, 5) is 7.37. The smallest absolute Gasteiger partial charge is 0.123 e. The molecule has 0 aliphatic rings. The molecule has 0 saturated heterocycles. The average Bonchev–Trinajstić information content (AvgIpc) is 2.94. The van der Waals surface area contributed by atoms with Crippen molar-refractivity contribution in [3.63, 3.8) is 0 Å². The molecule has 1 unspecified atom stereocenters. The Kier molecular flexibility index (Phi) is 4.11. The molecule has 0 amide bonds. The number of benzene rings is 1. The Hall–Kier alpha value is -2.12. The predicted octanol–water partition coefficient (Wildman–Crippen LogP) is 2.52. The molecule has 0 aliphatic carbocycles. The molecule has 18 heavy (non-hydrogen) atoms. The molecule has 2 aromatic rings. The summed E-state index contributed by atoms with van der Waals surface area (Å²) < 4.78 is 0. The van der Waals surface area contributed by atoms with Crippen molar-refractivity contribution in [2.75, 3.05) is 0 Å². The number of nitrogens with one attached hydrogen (secondary N) is 2. The van der Waals surface area contributed by atoms with Gasteiger partial charge in [0.15, 0.2) is 0 Å². The van der Waals surface area contributed by atoms with E-state index in [-0.39, 0.29) is 6.04 Å². The Balaban J connectivity index is 2.05. The minimum Gasteiger partial charge on any atom is -0.347 e. The lowest BCUT2D eigenvalue weighted by Gasteiger charge is -2.15. The molecule has 0 spiro atoms. The van der Waals surface area contributed by atoms with Gasteiger partial charge in [0.05, 0.1) is 17.7 Å². The van der Waals surface area contributed by atoms with Crippen LogP contribution in [0.5, 0.6) is 0 Å². The van der Waals surface area contributed by atoms with Crippen LogP contribution in [0.2, 0.25) is 0 Å². The number of hydrogen-bond acceptors (Lipinski definition) is 3. The maximum Gasteiger partial charge on any atom is 0.123 e. The summed E-state index contributed by atoms with van der Waals surface area (Å²) in [5.74, 6) is 0.937. The molecule has 4 nitrogen and oxygen atoms in total. The molecule has 0 fully saturated rings. The lowest BCUT2D eigenvalue weighted by atomic mass is 10.1. The van der Waals surface area contributed by atoms with Crippen molar-refractivity contribution in [1.29, 1.82) is 5.26 Å². The first-order chi connectivity index (χ1) is 8.85. The van der Waals surface area contributed by atoms with E-state index in [1.807, 2.05) is 30.5 Å². The first-order valence-corrected chi connectivity index (χ1v) is 6.05. The van der Waals surface area contributed by atoms with Gasteiger partial charge in [0.25, 0.3) is 0 Å². The van der Waals surface area contributed by atoms with Gasteiger partial charge in [-0.2, -0.15) is 5.26 Å². The van der Waals surface area contributed by atoms with Crippen LogP contribution in [0.1, 0.15) is 36.3 Å². The largest absolute Gasteiger partial charge is 0.347 e. The van der Waals surface area contributed by atoms with Crippen molar-refractivity contribution >= 4 is 0 Å². The third-order valence-corrected chi connectivity index (χ3v) is 2.93. The monoisotopic (exact) mass is 240 g/mol. The Morgan fingerprint density at radius 2 is 2.28 bits per heavy atom. The van der Waals surface area contributed by atoms with Gasteiger partial charge in [-0.05, 0) is 18.1 Å². The van der Waals surface area contributed by atoms with Crippen LogP contribution in [0, 0.1) is 11.3 Å². The van der Waals surface area contributed by atoms with E-state index < -0.39 is 0 Å². The highest BCUT2D eigenvalue weighted by Crippen LogP contribution is 2.14. The van der Waals surface area contributed by atoms with Crippen LogP contribution in [0.15, 0.2) is 36.7 Å². The Bertz CT molecular complexity index is 525. The molecule has 2 N–H and O–H groups in total. The summed E-state index contributed by atoms with van der Waals surface area (Å²) in [6.45, 7) is 2.78. The SMILES string of the molecule is CCC(NCc1ccccc1C#N)c1ncc[nH]1. The van der Waals surface area contributed by atoms with Gasteiger partial charge in [0, 0.05) is 18.9 Å². The van der Waals surface area contributed by atoms with E-state index in [9.17, 15) is 0 Å². The first-order valence-electron chi connectivity index (χ1n) is 6.05. The third kappa shape index (κ3) is 2.76. The van der Waals surface area contributed by atoms with Crippen LogP contribution in [0.3, 0.4) is 0 Å². The zero-order valence-corrected chi connectivity index (χ0v) is 10.4. The topological polar surface area (TPSA) is 64.5 Å². The molecule has 92 valence electrons. The number of rotatable bonds is 5. The zero-order chi connectivity index (χ0) is 12.8. The number of hydrogen-bond donors (Lipinski definition) is 2. The molecule has 2 rings (SSSR count). The van der Waals surface area contributed by atoms with Crippen molar-refractivity contribution in [2.45, 2.75) is 25.9 Å². The summed E-state index contributed by atoms with van der Waals surface area (Å²) in [7, 11) is 0. The van der Waals surface area contributed by atoms with E-state index in [4.69, 9.17) is 5.26 Å². The van der Waals surface area contributed by atoms with E-state index in [2.05, 4.69) is 28.3 Å². The number of aromatic nitrogens is 2. The Labute approximate surface area is 107 Å². The van der Waals surface area contributed by atoms with E-state index in [1.54, 1.807) is 6.20 Å². The maximum absolute atomic E-state index is 9.03. The molecule has 0 bridgehead atoms. The van der Waals surface area contributed by atoms with Gasteiger partial charge in [0.1, 0.15) is 5.82 Å². The van der Waals surface area contributed by atoms with Crippen LogP contribution < -0.4 is 5.32 Å². The van der Waals surface area contributed by atoms with Gasteiger partial charge in [-0.3, -0.25) is 0 Å². The summed E-state index contributed by atoms with van der Waals surface area (Å²) in [6, 6.07) is 10.0. The molecular weight excluding hydrogens is 224 g/mol. The molecule has 1 atom stereocenters. The Morgan fingerprint density at radius 1 is 1.44 bits per heavy atom. The van der Waals surface area contributed by atoms with Crippen LogP contribution >= 0.6 is 0 Å². The predicted molar refractivity (Wildman–Crippen MR) is 69.6 cm³/mol. The number of imidazole rings is 1. The van der Waals surface area contributed by atoms with Gasteiger partial charge in [-0.25, -0.2) is 4.98 Å². The highest BCUT2D eigenvalue weighted by Gasteiger charge is 2.11. The number of aromatic amines is 1. The van der Waals surface area contributed by atoms with Crippen molar-refractivity contribution in [3.05, 3.63) is 53.6 Å². The van der Waals surface area contributed by atoms with Gasteiger partial charge in [-0.1, -0.05) is 25.1 Å². The molecule has 1 aromatic carbocycles. The fourth-order valence-electron chi connectivity index (χ4n) is 1.92. The van der Waals surface area contributed by atoms with E-state index in [0.29, 0.717) is 6.54 Å². The fraction of sp³-hybridized carbons (Fsp3) is 0.286. The molecule has 4 heteroatoms. The van der Waals surface area contributed by atoms with Gasteiger partial charge in [-0.15, -0.1) is 0 Å². The van der Waals surface area contributed by atoms with Crippen molar-refractivity contribution < 1.29 is 0 Å². The quantitative estimate of drug-likeness (QED) is 0.844. The zero-order valence-electron chi connectivity index (χ0n) is 10.4. The molecular formula is C14H16N4. The van der Waals surface area contributed by atoms with Crippen molar-refractivity contribution in [1.82, 2.24) is 15.3 Å². The normalized spacial score (nSPS) is 12.0. The number of nitrogens with zero attached hydrogens (tertiary/aromatic N) is 2. The molecule has 0 aliphatic heterocycles. The minimum atomic E-state index is 0.187. The standard InChI is InChI=1S/C14H16N4/c1-2-13(14-16-7-8-17-14)18-10-12-6-4-3-5-11(12)9-15/h3-8,13,18H,2,10H2,1H3,(H,16,17). The maximum atomic E-state index is 9.03. The lowest BCUT2D eigenvalue weighted by Crippen LogP contribution is -2.21. The van der Waals surface area contributed by atoms with Crippen molar-refractivity contribution in [2.24, 2.45) is 0 Å². The lowest BCUT2D eigenvalue weighted by molar-refractivity contribution is 0.497. The van der Waals surface area contributed by atoms with Crippen LogP contribution in [-0.4, -0.2) is 9.97 Å². The second kappa shape index (κ2) is 5.99. The van der Waals surface area contributed by atoms with Crippen LogP contribution in [0.4, 0.5) is 0 Å². The molecule has 0 saturated carbocycles.